The Kier molecular flexibility index (Phi) is 8.90. The van der Waals surface area contributed by atoms with Gasteiger partial charge in [-0.15, -0.1) is 11.8 Å². The maximum absolute atomic E-state index is 12.6. The van der Waals surface area contributed by atoms with E-state index in [1.807, 2.05) is 6.07 Å². The van der Waals surface area contributed by atoms with Crippen molar-refractivity contribution in [2.45, 2.75) is 43.5 Å². The van der Waals surface area contributed by atoms with Gasteiger partial charge in [0.1, 0.15) is 0 Å². The molecule has 3 rings (SSSR count). The Balaban J connectivity index is 1.51. The van der Waals surface area contributed by atoms with E-state index < -0.39 is 5.97 Å². The monoisotopic (exact) mass is 465 g/mol. The molecule has 0 aliphatic heterocycles. The van der Waals surface area contributed by atoms with Crippen LogP contribution in [0.5, 0.6) is 0 Å². The molecule has 1 saturated carbocycles. The van der Waals surface area contributed by atoms with E-state index in [-0.39, 0.29) is 30.2 Å². The minimum Gasteiger partial charge on any atom is -0.452 e. The number of thioether (sulfide) groups is 1. The highest BCUT2D eigenvalue weighted by molar-refractivity contribution is 8.00. The number of nitriles is 1. The molecule has 0 heterocycles. The zero-order valence-electron chi connectivity index (χ0n) is 18.5. The second-order valence-corrected chi connectivity index (χ2v) is 9.05. The molecule has 2 unspecified atom stereocenters. The van der Waals surface area contributed by atoms with E-state index in [0.717, 1.165) is 19.3 Å². The minimum absolute atomic E-state index is 0.0706. The SMILES string of the molecule is CC1CCCCC1NC(=O)COC(=O)c1ccccc1SCC(=O)Nc1cccc(C#N)c1. The topological polar surface area (TPSA) is 108 Å². The van der Waals surface area contributed by atoms with E-state index in [9.17, 15) is 14.4 Å². The van der Waals surface area contributed by atoms with E-state index in [1.54, 1.807) is 48.5 Å². The summed E-state index contributed by atoms with van der Waals surface area (Å²) in [7, 11) is 0. The van der Waals surface area contributed by atoms with Crippen LogP contribution in [-0.4, -0.2) is 36.2 Å². The third kappa shape index (κ3) is 7.36. The summed E-state index contributed by atoms with van der Waals surface area (Å²) in [5.74, 6) is -0.678. The van der Waals surface area contributed by atoms with Crippen LogP contribution in [-0.2, 0) is 14.3 Å². The standard InChI is InChI=1S/C25H27N3O4S/c1-17-7-2-4-11-21(17)28-23(29)15-32-25(31)20-10-3-5-12-22(20)33-16-24(30)27-19-9-6-8-18(13-19)14-26/h3,5-6,8-10,12-13,17,21H,2,4,7,11,15-16H2,1H3,(H,27,30)(H,28,29). The largest absolute Gasteiger partial charge is 0.452 e. The van der Waals surface area contributed by atoms with Crippen molar-refractivity contribution >= 4 is 35.2 Å². The molecular formula is C25H27N3O4S. The lowest BCUT2D eigenvalue weighted by Crippen LogP contribution is -2.42. The van der Waals surface area contributed by atoms with Gasteiger partial charge in [0.05, 0.1) is 22.9 Å². The first-order valence-corrected chi connectivity index (χ1v) is 11.9. The number of esters is 1. The fourth-order valence-corrected chi connectivity index (χ4v) is 4.60. The zero-order chi connectivity index (χ0) is 23.6. The van der Waals surface area contributed by atoms with E-state index in [4.69, 9.17) is 10.00 Å². The molecule has 2 atom stereocenters. The number of amides is 2. The lowest BCUT2D eigenvalue weighted by atomic mass is 9.86. The third-order valence-corrected chi connectivity index (χ3v) is 6.61. The van der Waals surface area contributed by atoms with Crippen LogP contribution in [0.3, 0.4) is 0 Å². The number of rotatable bonds is 8. The van der Waals surface area contributed by atoms with Crippen LogP contribution in [0.15, 0.2) is 53.4 Å². The van der Waals surface area contributed by atoms with Crippen molar-refractivity contribution in [2.75, 3.05) is 17.7 Å². The fourth-order valence-electron chi connectivity index (χ4n) is 3.76. The van der Waals surface area contributed by atoms with Gasteiger partial charge < -0.3 is 15.4 Å². The number of nitrogens with zero attached hydrogens (tertiary/aromatic N) is 1. The van der Waals surface area contributed by atoms with Crippen molar-refractivity contribution < 1.29 is 19.1 Å². The number of anilines is 1. The summed E-state index contributed by atoms with van der Waals surface area (Å²) >= 11 is 1.20. The molecule has 1 aliphatic rings. The molecule has 2 aromatic rings. The Morgan fingerprint density at radius 1 is 1.09 bits per heavy atom. The summed E-state index contributed by atoms with van der Waals surface area (Å²) < 4.78 is 5.24. The molecule has 0 radical (unpaired) electrons. The first-order valence-electron chi connectivity index (χ1n) is 10.9. The summed E-state index contributed by atoms with van der Waals surface area (Å²) in [5.41, 5.74) is 1.29. The number of hydrogen-bond donors (Lipinski definition) is 2. The molecule has 1 aliphatic carbocycles. The second kappa shape index (κ2) is 12.1. The van der Waals surface area contributed by atoms with Crippen LogP contribution < -0.4 is 10.6 Å². The van der Waals surface area contributed by atoms with Gasteiger partial charge in [-0.05, 0) is 49.1 Å². The Bertz CT molecular complexity index is 1050. The Morgan fingerprint density at radius 2 is 1.88 bits per heavy atom. The van der Waals surface area contributed by atoms with Crippen molar-refractivity contribution in [3.63, 3.8) is 0 Å². The molecule has 0 saturated heterocycles. The van der Waals surface area contributed by atoms with E-state index in [0.29, 0.717) is 27.6 Å². The summed E-state index contributed by atoms with van der Waals surface area (Å²) in [5, 5.41) is 14.7. The summed E-state index contributed by atoms with van der Waals surface area (Å²) in [6.07, 6.45) is 4.31. The Morgan fingerprint density at radius 3 is 2.67 bits per heavy atom. The lowest BCUT2D eigenvalue weighted by Gasteiger charge is -2.29. The Hall–Kier alpha value is -3.31. The second-order valence-electron chi connectivity index (χ2n) is 8.04. The molecule has 1 fully saturated rings. The summed E-state index contributed by atoms with van der Waals surface area (Å²) in [6, 6.07) is 15.6. The number of hydrogen-bond acceptors (Lipinski definition) is 6. The number of carbonyl (C=O) groups excluding carboxylic acids is 3. The molecule has 2 N–H and O–H groups in total. The predicted octanol–water partition coefficient (Wildman–Crippen LogP) is 4.14. The maximum Gasteiger partial charge on any atom is 0.339 e. The van der Waals surface area contributed by atoms with Crippen LogP contribution in [0.25, 0.3) is 0 Å². The van der Waals surface area contributed by atoms with Crippen molar-refractivity contribution in [1.29, 1.82) is 5.26 Å². The minimum atomic E-state index is -0.605. The number of benzene rings is 2. The molecular weight excluding hydrogens is 438 g/mol. The molecule has 8 heteroatoms. The molecule has 0 bridgehead atoms. The fraction of sp³-hybridized carbons (Fsp3) is 0.360. The van der Waals surface area contributed by atoms with Crippen molar-refractivity contribution in [3.05, 3.63) is 59.7 Å². The van der Waals surface area contributed by atoms with Crippen molar-refractivity contribution in [1.82, 2.24) is 5.32 Å². The van der Waals surface area contributed by atoms with Crippen LogP contribution in [0, 0.1) is 17.2 Å². The Labute approximate surface area is 197 Å². The first-order chi connectivity index (χ1) is 16.0. The van der Waals surface area contributed by atoms with Gasteiger partial charge in [0, 0.05) is 16.6 Å². The average molecular weight is 466 g/mol. The van der Waals surface area contributed by atoms with Crippen molar-refractivity contribution in [3.8, 4) is 6.07 Å². The number of ether oxygens (including phenoxy) is 1. The molecule has 7 nitrogen and oxygen atoms in total. The maximum atomic E-state index is 12.6. The molecule has 172 valence electrons. The lowest BCUT2D eigenvalue weighted by molar-refractivity contribution is -0.125. The van der Waals surface area contributed by atoms with Gasteiger partial charge in [-0.25, -0.2) is 4.79 Å². The van der Waals surface area contributed by atoms with E-state index in [2.05, 4.69) is 17.6 Å². The normalized spacial score (nSPS) is 17.5. The van der Waals surface area contributed by atoms with Crippen molar-refractivity contribution in [2.24, 2.45) is 5.92 Å². The van der Waals surface area contributed by atoms with Crippen LogP contribution in [0.1, 0.15) is 48.5 Å². The van der Waals surface area contributed by atoms with Gasteiger partial charge in [0.2, 0.25) is 5.91 Å². The average Bonchev–Trinajstić information content (AvgIpc) is 2.83. The van der Waals surface area contributed by atoms with Gasteiger partial charge in [-0.2, -0.15) is 5.26 Å². The van der Waals surface area contributed by atoms with E-state index >= 15 is 0 Å². The molecule has 2 aromatic carbocycles. The number of nitrogens with one attached hydrogen (secondary N) is 2. The summed E-state index contributed by atoms with van der Waals surface area (Å²) in [4.78, 5) is 37.7. The van der Waals surface area contributed by atoms with Gasteiger partial charge in [0.15, 0.2) is 6.61 Å². The molecule has 2 amide bonds. The highest BCUT2D eigenvalue weighted by Gasteiger charge is 2.23. The third-order valence-electron chi connectivity index (χ3n) is 5.53. The van der Waals surface area contributed by atoms with Crippen LogP contribution in [0.4, 0.5) is 5.69 Å². The predicted molar refractivity (Wildman–Crippen MR) is 127 cm³/mol. The van der Waals surface area contributed by atoms with E-state index in [1.165, 1.54) is 18.2 Å². The highest BCUT2D eigenvalue weighted by atomic mass is 32.2. The molecule has 0 spiro atoms. The highest BCUT2D eigenvalue weighted by Crippen LogP contribution is 2.25. The smallest absolute Gasteiger partial charge is 0.339 e. The first kappa shape index (κ1) is 24.3. The summed E-state index contributed by atoms with van der Waals surface area (Å²) in [6.45, 7) is 1.79. The molecule has 0 aromatic heterocycles. The quantitative estimate of drug-likeness (QED) is 0.448. The molecule has 33 heavy (non-hydrogen) atoms. The van der Waals surface area contributed by atoms with Crippen LogP contribution in [0.2, 0.25) is 0 Å². The number of carbonyl (C=O) groups is 3. The van der Waals surface area contributed by atoms with Gasteiger partial charge in [0.25, 0.3) is 5.91 Å². The van der Waals surface area contributed by atoms with Crippen LogP contribution >= 0.6 is 11.8 Å². The van der Waals surface area contributed by atoms with Gasteiger partial charge in [-0.1, -0.05) is 38.0 Å². The zero-order valence-corrected chi connectivity index (χ0v) is 19.3. The van der Waals surface area contributed by atoms with Gasteiger partial charge in [-0.3, -0.25) is 9.59 Å². The van der Waals surface area contributed by atoms with Gasteiger partial charge >= 0.3 is 5.97 Å².